The van der Waals surface area contributed by atoms with Gasteiger partial charge < -0.3 is 10.1 Å². The molecule has 2 rings (SSSR count). The second-order valence-electron chi connectivity index (χ2n) is 4.37. The Hall–Kier alpha value is -0.450. The third kappa shape index (κ3) is 3.49. The SMILES string of the molecule is CNC(c1cccc(Cl)c1Cl)c1cc(Cl)cc(Br)c1OC. The van der Waals surface area contributed by atoms with Crippen LogP contribution in [0.25, 0.3) is 0 Å². The molecule has 0 radical (unpaired) electrons. The van der Waals surface area contributed by atoms with Gasteiger partial charge in [0.2, 0.25) is 0 Å². The van der Waals surface area contributed by atoms with Crippen molar-refractivity contribution in [3.05, 3.63) is 61.0 Å². The Bertz CT molecular complexity index is 664. The van der Waals surface area contributed by atoms with E-state index >= 15 is 0 Å². The summed E-state index contributed by atoms with van der Waals surface area (Å²) >= 11 is 22.1. The third-order valence-electron chi connectivity index (χ3n) is 3.13. The zero-order valence-corrected chi connectivity index (χ0v) is 15.2. The highest BCUT2D eigenvalue weighted by atomic mass is 79.9. The highest BCUT2D eigenvalue weighted by molar-refractivity contribution is 9.10. The second-order valence-corrected chi connectivity index (χ2v) is 6.45. The minimum absolute atomic E-state index is 0.193. The van der Waals surface area contributed by atoms with E-state index in [1.54, 1.807) is 19.2 Å². The summed E-state index contributed by atoms with van der Waals surface area (Å²) in [7, 11) is 3.46. The lowest BCUT2D eigenvalue weighted by molar-refractivity contribution is 0.403. The van der Waals surface area contributed by atoms with Crippen molar-refractivity contribution < 1.29 is 4.74 Å². The van der Waals surface area contributed by atoms with Crippen LogP contribution in [0.15, 0.2) is 34.8 Å². The van der Waals surface area contributed by atoms with E-state index in [1.807, 2.05) is 25.2 Å². The topological polar surface area (TPSA) is 21.3 Å². The van der Waals surface area contributed by atoms with Gasteiger partial charge in [-0.05, 0) is 46.7 Å². The van der Waals surface area contributed by atoms with E-state index in [1.165, 1.54) is 0 Å². The summed E-state index contributed by atoms with van der Waals surface area (Å²) in [5.41, 5.74) is 1.74. The average Bonchev–Trinajstić information content (AvgIpc) is 2.44. The summed E-state index contributed by atoms with van der Waals surface area (Å²) in [6, 6.07) is 8.98. The zero-order valence-electron chi connectivity index (χ0n) is 11.4. The van der Waals surface area contributed by atoms with Crippen molar-refractivity contribution in [3.8, 4) is 5.75 Å². The smallest absolute Gasteiger partial charge is 0.138 e. The molecule has 2 aromatic rings. The van der Waals surface area contributed by atoms with E-state index < -0.39 is 0 Å². The van der Waals surface area contributed by atoms with Crippen LogP contribution in [0.1, 0.15) is 17.2 Å². The first kappa shape index (κ1) is 16.9. The maximum atomic E-state index is 6.33. The molecule has 0 heterocycles. The van der Waals surface area contributed by atoms with Gasteiger partial charge in [0.1, 0.15) is 5.75 Å². The van der Waals surface area contributed by atoms with Crippen LogP contribution in [0.5, 0.6) is 5.75 Å². The first-order valence-corrected chi connectivity index (χ1v) is 8.06. The number of hydrogen-bond donors (Lipinski definition) is 1. The van der Waals surface area contributed by atoms with E-state index in [-0.39, 0.29) is 6.04 Å². The first-order chi connectivity index (χ1) is 9.99. The van der Waals surface area contributed by atoms with Crippen molar-refractivity contribution in [1.29, 1.82) is 0 Å². The minimum Gasteiger partial charge on any atom is -0.495 e. The maximum Gasteiger partial charge on any atom is 0.138 e. The van der Waals surface area contributed by atoms with Crippen LogP contribution in [0.4, 0.5) is 0 Å². The predicted octanol–water partition coefficient (Wildman–Crippen LogP) is 5.73. The first-order valence-electron chi connectivity index (χ1n) is 6.13. The van der Waals surface area contributed by atoms with Gasteiger partial charge in [0, 0.05) is 10.6 Å². The molecule has 1 unspecified atom stereocenters. The standard InChI is InChI=1S/C15H13BrCl3NO/c1-20-14(9-4-3-5-12(18)13(9)19)10-6-8(17)7-11(16)15(10)21-2/h3-7,14,20H,1-2H3. The molecule has 2 aromatic carbocycles. The van der Waals surface area contributed by atoms with Crippen LogP contribution in [-0.2, 0) is 0 Å². The van der Waals surface area contributed by atoms with Gasteiger partial charge in [0.05, 0.1) is 27.7 Å². The van der Waals surface area contributed by atoms with E-state index in [4.69, 9.17) is 39.5 Å². The van der Waals surface area contributed by atoms with Gasteiger partial charge in [-0.2, -0.15) is 0 Å². The van der Waals surface area contributed by atoms with Crippen LogP contribution in [0.2, 0.25) is 15.1 Å². The number of methoxy groups -OCH3 is 1. The Kier molecular flexibility index (Phi) is 5.81. The van der Waals surface area contributed by atoms with Crippen molar-refractivity contribution >= 4 is 50.7 Å². The fraction of sp³-hybridized carbons (Fsp3) is 0.200. The molecule has 0 spiro atoms. The van der Waals surface area contributed by atoms with Crippen molar-refractivity contribution in [3.63, 3.8) is 0 Å². The van der Waals surface area contributed by atoms with Gasteiger partial charge in [0.15, 0.2) is 0 Å². The molecule has 0 fully saturated rings. The number of ether oxygens (including phenoxy) is 1. The monoisotopic (exact) mass is 407 g/mol. The van der Waals surface area contributed by atoms with Crippen molar-refractivity contribution in [2.75, 3.05) is 14.2 Å². The van der Waals surface area contributed by atoms with Gasteiger partial charge in [-0.1, -0.05) is 46.9 Å². The van der Waals surface area contributed by atoms with Gasteiger partial charge in [-0.25, -0.2) is 0 Å². The Morgan fingerprint density at radius 1 is 1.14 bits per heavy atom. The fourth-order valence-electron chi connectivity index (χ4n) is 2.23. The molecule has 0 aromatic heterocycles. The third-order valence-corrected chi connectivity index (χ3v) is 4.77. The van der Waals surface area contributed by atoms with E-state index in [2.05, 4.69) is 21.2 Å². The number of benzene rings is 2. The minimum atomic E-state index is -0.193. The summed E-state index contributed by atoms with van der Waals surface area (Å²) in [6.07, 6.45) is 0. The molecule has 2 nitrogen and oxygen atoms in total. The normalized spacial score (nSPS) is 12.3. The predicted molar refractivity (Wildman–Crippen MR) is 93.1 cm³/mol. The molecule has 0 amide bonds. The van der Waals surface area contributed by atoms with Gasteiger partial charge in [-0.3, -0.25) is 0 Å². The molecule has 1 N–H and O–H groups in total. The molecule has 112 valence electrons. The summed E-state index contributed by atoms with van der Waals surface area (Å²) in [6.45, 7) is 0. The second kappa shape index (κ2) is 7.21. The number of nitrogens with one attached hydrogen (secondary N) is 1. The van der Waals surface area contributed by atoms with E-state index in [0.29, 0.717) is 20.8 Å². The molecule has 0 saturated carbocycles. The quantitative estimate of drug-likeness (QED) is 0.697. The Balaban J connectivity index is 2.64. The molecule has 1 atom stereocenters. The zero-order chi connectivity index (χ0) is 15.6. The Morgan fingerprint density at radius 3 is 2.48 bits per heavy atom. The molecule has 0 aliphatic carbocycles. The van der Waals surface area contributed by atoms with Gasteiger partial charge in [-0.15, -0.1) is 0 Å². The number of halogens is 4. The number of rotatable bonds is 4. The molecule has 0 saturated heterocycles. The molecule has 0 aliphatic heterocycles. The van der Waals surface area contributed by atoms with E-state index in [9.17, 15) is 0 Å². The molecule has 0 bridgehead atoms. The summed E-state index contributed by atoms with van der Waals surface area (Å²) in [4.78, 5) is 0. The van der Waals surface area contributed by atoms with Crippen LogP contribution in [0, 0.1) is 0 Å². The fourth-order valence-corrected chi connectivity index (χ4v) is 3.64. The Labute approximate surface area is 147 Å². The lowest BCUT2D eigenvalue weighted by atomic mass is 9.98. The molecular weight excluding hydrogens is 396 g/mol. The van der Waals surface area contributed by atoms with Crippen LogP contribution < -0.4 is 10.1 Å². The van der Waals surface area contributed by atoms with Crippen molar-refractivity contribution in [2.45, 2.75) is 6.04 Å². The Morgan fingerprint density at radius 2 is 1.86 bits per heavy atom. The lowest BCUT2D eigenvalue weighted by Crippen LogP contribution is -2.19. The van der Waals surface area contributed by atoms with Crippen LogP contribution in [-0.4, -0.2) is 14.2 Å². The molecule has 6 heteroatoms. The highest BCUT2D eigenvalue weighted by Crippen LogP contribution is 2.40. The molecular formula is C15H13BrCl3NO. The average molecular weight is 410 g/mol. The van der Waals surface area contributed by atoms with E-state index in [0.717, 1.165) is 15.6 Å². The van der Waals surface area contributed by atoms with Crippen molar-refractivity contribution in [2.24, 2.45) is 0 Å². The van der Waals surface area contributed by atoms with Crippen LogP contribution in [0.3, 0.4) is 0 Å². The van der Waals surface area contributed by atoms with Crippen molar-refractivity contribution in [1.82, 2.24) is 5.32 Å². The lowest BCUT2D eigenvalue weighted by Gasteiger charge is -2.22. The maximum absolute atomic E-state index is 6.33. The van der Waals surface area contributed by atoms with Gasteiger partial charge in [0.25, 0.3) is 0 Å². The summed E-state index contributed by atoms with van der Waals surface area (Å²) < 4.78 is 6.27. The van der Waals surface area contributed by atoms with Gasteiger partial charge >= 0.3 is 0 Å². The highest BCUT2D eigenvalue weighted by Gasteiger charge is 2.22. The summed E-state index contributed by atoms with van der Waals surface area (Å²) in [5, 5.41) is 4.86. The number of hydrogen-bond acceptors (Lipinski definition) is 2. The summed E-state index contributed by atoms with van der Waals surface area (Å²) in [5.74, 6) is 0.704. The largest absolute Gasteiger partial charge is 0.495 e. The molecule has 0 aliphatic rings. The van der Waals surface area contributed by atoms with Crippen LogP contribution >= 0.6 is 50.7 Å². The molecule has 21 heavy (non-hydrogen) atoms.